The molecule has 2 rings (SSSR count). The van der Waals surface area contributed by atoms with Crippen LogP contribution in [0.1, 0.15) is 24.6 Å². The van der Waals surface area contributed by atoms with Gasteiger partial charge in [0, 0.05) is 17.3 Å². The summed E-state index contributed by atoms with van der Waals surface area (Å²) in [5.74, 6) is 0. The second-order valence-corrected chi connectivity index (χ2v) is 3.79. The molecule has 0 radical (unpaired) electrons. The number of hydrogen-bond donors (Lipinski definition) is 0. The molecule has 0 saturated heterocycles. The number of rotatable bonds is 2. The summed E-state index contributed by atoms with van der Waals surface area (Å²) >= 11 is 0. The number of fused-ring (bicyclic) bond motifs is 1. The quantitative estimate of drug-likeness (QED) is 0.710. The zero-order valence-electron chi connectivity index (χ0n) is 9.25. The Bertz CT molecular complexity index is 512. The van der Waals surface area contributed by atoms with Crippen molar-refractivity contribution in [1.82, 2.24) is 4.98 Å². The van der Waals surface area contributed by atoms with Gasteiger partial charge in [-0.1, -0.05) is 25.6 Å². The van der Waals surface area contributed by atoms with Gasteiger partial charge in [-0.25, -0.2) is 0 Å². The van der Waals surface area contributed by atoms with Crippen LogP contribution in [0.25, 0.3) is 16.3 Å². The van der Waals surface area contributed by atoms with Crippen LogP contribution in [0.4, 0.5) is 0 Å². The Balaban J connectivity index is 2.64. The highest BCUT2D eigenvalue weighted by molar-refractivity contribution is 5.87. The summed E-state index contributed by atoms with van der Waals surface area (Å²) in [4.78, 5) is 4.30. The lowest BCUT2D eigenvalue weighted by molar-refractivity contribution is 1.23. The normalized spacial score (nSPS) is 10.5. The van der Waals surface area contributed by atoms with Crippen molar-refractivity contribution in [2.24, 2.45) is 0 Å². The molecule has 0 fully saturated rings. The van der Waals surface area contributed by atoms with Gasteiger partial charge in [0.05, 0.1) is 0 Å². The van der Waals surface area contributed by atoms with E-state index in [0.29, 0.717) is 0 Å². The molecule has 0 aliphatic carbocycles. The van der Waals surface area contributed by atoms with E-state index in [1.165, 1.54) is 21.9 Å². The Labute approximate surface area is 90.5 Å². The predicted octanol–water partition coefficient (Wildman–Crippen LogP) is 3.97. The van der Waals surface area contributed by atoms with E-state index in [1.54, 1.807) is 0 Å². The maximum absolute atomic E-state index is 4.30. The van der Waals surface area contributed by atoms with Crippen LogP contribution in [0.5, 0.6) is 0 Å². The minimum Gasteiger partial charge on any atom is -0.261 e. The number of nitrogens with zero attached hydrogens (tertiary/aromatic N) is 1. The highest BCUT2D eigenvalue weighted by Crippen LogP contribution is 2.23. The lowest BCUT2D eigenvalue weighted by Crippen LogP contribution is -1.86. The van der Waals surface area contributed by atoms with E-state index >= 15 is 0 Å². The third kappa shape index (κ3) is 1.78. The lowest BCUT2D eigenvalue weighted by atomic mass is 10.0. The van der Waals surface area contributed by atoms with E-state index in [4.69, 9.17) is 0 Å². The minimum atomic E-state index is 0.991. The first-order valence-electron chi connectivity index (χ1n) is 5.26. The third-order valence-corrected chi connectivity index (χ3v) is 2.80. The van der Waals surface area contributed by atoms with Crippen LogP contribution in [0, 0.1) is 6.92 Å². The van der Waals surface area contributed by atoms with E-state index in [1.807, 2.05) is 19.2 Å². The van der Waals surface area contributed by atoms with Gasteiger partial charge in [0.25, 0.3) is 0 Å². The largest absolute Gasteiger partial charge is 0.261 e. The Kier molecular flexibility index (Phi) is 2.55. The molecule has 0 amide bonds. The molecule has 2 aromatic rings. The predicted molar refractivity (Wildman–Crippen MR) is 65.8 cm³/mol. The van der Waals surface area contributed by atoms with Gasteiger partial charge in [0.15, 0.2) is 0 Å². The van der Waals surface area contributed by atoms with Crippen LogP contribution < -0.4 is 0 Å². The summed E-state index contributed by atoms with van der Waals surface area (Å²) in [6.07, 6.45) is 2.84. The Morgan fingerprint density at radius 2 is 2.13 bits per heavy atom. The molecule has 15 heavy (non-hydrogen) atoms. The van der Waals surface area contributed by atoms with Gasteiger partial charge in [-0.05, 0) is 42.0 Å². The fourth-order valence-corrected chi connectivity index (χ4v) is 1.74. The molecule has 0 aliphatic rings. The van der Waals surface area contributed by atoms with Crippen molar-refractivity contribution in [3.05, 3.63) is 48.3 Å². The van der Waals surface area contributed by atoms with Gasteiger partial charge >= 0.3 is 0 Å². The van der Waals surface area contributed by atoms with Gasteiger partial charge in [-0.15, -0.1) is 0 Å². The fourth-order valence-electron chi connectivity index (χ4n) is 1.74. The standard InChI is InChI=1S/C14H15N/c1-4-10(2)13-6-5-12-7-8-15-11(3)14(12)9-13/h5-9H,2,4H2,1,3H3. The van der Waals surface area contributed by atoms with Crippen molar-refractivity contribution in [1.29, 1.82) is 0 Å². The number of allylic oxidation sites excluding steroid dienone is 1. The summed E-state index contributed by atoms with van der Waals surface area (Å²) < 4.78 is 0. The molecule has 1 heteroatoms. The number of benzene rings is 1. The van der Waals surface area contributed by atoms with Crippen molar-refractivity contribution in [3.8, 4) is 0 Å². The lowest BCUT2D eigenvalue weighted by Gasteiger charge is -2.06. The molecule has 1 aromatic carbocycles. The third-order valence-electron chi connectivity index (χ3n) is 2.80. The first kappa shape index (κ1) is 9.91. The van der Waals surface area contributed by atoms with Crippen molar-refractivity contribution < 1.29 is 0 Å². The molecule has 0 unspecified atom stereocenters. The average Bonchev–Trinajstić information content (AvgIpc) is 2.28. The topological polar surface area (TPSA) is 12.9 Å². The van der Waals surface area contributed by atoms with Gasteiger partial charge in [-0.3, -0.25) is 4.98 Å². The smallest absolute Gasteiger partial charge is 0.0451 e. The fraction of sp³-hybridized carbons (Fsp3) is 0.214. The zero-order valence-corrected chi connectivity index (χ0v) is 9.25. The van der Waals surface area contributed by atoms with Crippen LogP contribution >= 0.6 is 0 Å². The highest BCUT2D eigenvalue weighted by atomic mass is 14.7. The molecule has 0 N–H and O–H groups in total. The van der Waals surface area contributed by atoms with E-state index in [9.17, 15) is 0 Å². The van der Waals surface area contributed by atoms with Crippen molar-refractivity contribution in [3.63, 3.8) is 0 Å². The summed E-state index contributed by atoms with van der Waals surface area (Å²) in [6, 6.07) is 8.50. The van der Waals surface area contributed by atoms with E-state index in [0.717, 1.165) is 12.1 Å². The van der Waals surface area contributed by atoms with Crippen LogP contribution in [0.2, 0.25) is 0 Å². The molecule has 76 valence electrons. The maximum Gasteiger partial charge on any atom is 0.0451 e. The molecule has 0 saturated carbocycles. The molecule has 0 spiro atoms. The second kappa shape index (κ2) is 3.85. The summed E-state index contributed by atoms with van der Waals surface area (Å²) in [7, 11) is 0. The van der Waals surface area contributed by atoms with Crippen molar-refractivity contribution in [2.45, 2.75) is 20.3 Å². The Morgan fingerprint density at radius 1 is 1.33 bits per heavy atom. The molecule has 0 bridgehead atoms. The maximum atomic E-state index is 4.30. The summed E-state index contributed by atoms with van der Waals surface area (Å²) in [6.45, 7) is 8.23. The molecular formula is C14H15N. The second-order valence-electron chi connectivity index (χ2n) is 3.79. The monoisotopic (exact) mass is 197 g/mol. The average molecular weight is 197 g/mol. The van der Waals surface area contributed by atoms with Crippen LogP contribution in [0.15, 0.2) is 37.0 Å². The van der Waals surface area contributed by atoms with Crippen LogP contribution in [-0.4, -0.2) is 4.98 Å². The van der Waals surface area contributed by atoms with Gasteiger partial charge in [-0.2, -0.15) is 0 Å². The van der Waals surface area contributed by atoms with Crippen molar-refractivity contribution >= 4 is 16.3 Å². The number of hydrogen-bond acceptors (Lipinski definition) is 1. The van der Waals surface area contributed by atoms with E-state index in [-0.39, 0.29) is 0 Å². The minimum absolute atomic E-state index is 0.991. The molecule has 0 aliphatic heterocycles. The molecule has 1 nitrogen and oxygen atoms in total. The van der Waals surface area contributed by atoms with Gasteiger partial charge in [0.1, 0.15) is 0 Å². The molecule has 1 aromatic heterocycles. The van der Waals surface area contributed by atoms with Crippen LogP contribution in [0.3, 0.4) is 0 Å². The van der Waals surface area contributed by atoms with E-state index in [2.05, 4.69) is 36.7 Å². The first-order chi connectivity index (χ1) is 7.22. The van der Waals surface area contributed by atoms with Gasteiger partial charge < -0.3 is 0 Å². The Morgan fingerprint density at radius 3 is 2.87 bits per heavy atom. The molecular weight excluding hydrogens is 182 g/mol. The first-order valence-corrected chi connectivity index (χ1v) is 5.26. The highest BCUT2D eigenvalue weighted by Gasteiger charge is 2.01. The number of aryl methyl sites for hydroxylation is 1. The summed E-state index contributed by atoms with van der Waals surface area (Å²) in [5, 5.41) is 2.47. The van der Waals surface area contributed by atoms with Crippen molar-refractivity contribution in [2.75, 3.05) is 0 Å². The summed E-state index contributed by atoms with van der Waals surface area (Å²) in [5.41, 5.74) is 3.49. The number of aromatic nitrogens is 1. The number of pyridine rings is 1. The van der Waals surface area contributed by atoms with E-state index < -0.39 is 0 Å². The molecule has 0 atom stereocenters. The Hall–Kier alpha value is -1.63. The molecule has 1 heterocycles. The van der Waals surface area contributed by atoms with Gasteiger partial charge in [0.2, 0.25) is 0 Å². The van der Waals surface area contributed by atoms with Crippen LogP contribution in [-0.2, 0) is 0 Å². The SMILES string of the molecule is C=C(CC)c1ccc2ccnc(C)c2c1. The zero-order chi connectivity index (χ0) is 10.8.